The number of anilines is 2. The zero-order valence-electron chi connectivity index (χ0n) is 32.5. The molecule has 4 aromatic heterocycles. The van der Waals surface area contributed by atoms with Crippen molar-refractivity contribution >= 4 is 101 Å². The smallest absolute Gasteiger partial charge is 0.244 e. The maximum atomic E-state index is 12.9. The molecule has 2 fully saturated rings. The van der Waals surface area contributed by atoms with Crippen molar-refractivity contribution in [2.24, 2.45) is 0 Å². The van der Waals surface area contributed by atoms with Crippen molar-refractivity contribution in [1.82, 2.24) is 39.3 Å². The summed E-state index contributed by atoms with van der Waals surface area (Å²) in [6.45, 7) is 5.35. The molecule has 2 saturated heterocycles. The zero-order valence-corrected chi connectivity index (χ0v) is 36.9. The lowest BCUT2D eigenvalue weighted by atomic mass is 10.2. The maximum absolute atomic E-state index is 12.9. The highest BCUT2D eigenvalue weighted by Gasteiger charge is 2.26. The van der Waals surface area contributed by atoms with Gasteiger partial charge in [0, 0.05) is 94.5 Å². The number of fused-ring (bicyclic) bond motifs is 2. The van der Waals surface area contributed by atoms with Crippen LogP contribution >= 0.6 is 45.8 Å². The van der Waals surface area contributed by atoms with Gasteiger partial charge in [0.05, 0.1) is 35.0 Å². The number of carbonyl (C=O) groups is 2. The molecule has 6 heterocycles. The fourth-order valence-corrected chi connectivity index (χ4v) is 8.90. The monoisotopic (exact) mass is 974 g/mol. The molecule has 8 rings (SSSR count). The van der Waals surface area contributed by atoms with Gasteiger partial charge < -0.3 is 29.1 Å². The molecule has 0 atom stereocenters. The van der Waals surface area contributed by atoms with Crippen molar-refractivity contribution < 1.29 is 27.5 Å². The maximum Gasteiger partial charge on any atom is 0.244 e. The number of methoxy groups -OCH3 is 2. The van der Waals surface area contributed by atoms with Crippen molar-refractivity contribution in [3.63, 3.8) is 0 Å². The van der Waals surface area contributed by atoms with Crippen LogP contribution in [0.15, 0.2) is 78.1 Å². The minimum absolute atomic E-state index is 0.0554. The second-order valence-corrected chi connectivity index (χ2v) is 17.6. The van der Waals surface area contributed by atoms with E-state index in [1.165, 1.54) is 4.68 Å². The number of nitrogens with zero attached hydrogens (tertiary/aromatic N) is 10. The minimum Gasteiger partial charge on any atom is -0.495 e. The topological polar surface area (TPSA) is 161 Å². The van der Waals surface area contributed by atoms with E-state index in [0.29, 0.717) is 71.8 Å². The molecule has 0 N–H and O–H groups in total. The molecule has 0 unspecified atom stereocenters. The SMILES string of the molecule is COc1cc(N2CCN(C(=O)Cn3nc(I)c4cccnc43)CC2)ccc1Cl.COc1cc(N2CCN(C(=O)Cn3nc(S(C)(=O)=O)c4cccnc43)CC2)ccc1Cl. The Balaban J connectivity index is 0.000000180. The van der Waals surface area contributed by atoms with E-state index in [1.807, 2.05) is 47.4 Å². The number of hydrogen-bond donors (Lipinski definition) is 0. The first-order valence-electron chi connectivity index (χ1n) is 18.6. The third-order valence-corrected chi connectivity index (χ3v) is 12.5. The van der Waals surface area contributed by atoms with Gasteiger partial charge >= 0.3 is 0 Å². The Bertz CT molecular complexity index is 2610. The molecule has 6 aromatic rings. The van der Waals surface area contributed by atoms with Crippen LogP contribution in [0.2, 0.25) is 10.0 Å². The van der Waals surface area contributed by atoms with Crippen molar-refractivity contribution in [3.05, 3.63) is 86.8 Å². The van der Waals surface area contributed by atoms with E-state index in [1.54, 1.807) is 54.4 Å². The van der Waals surface area contributed by atoms with Crippen LogP contribution < -0.4 is 19.3 Å². The number of benzene rings is 2. The molecule has 59 heavy (non-hydrogen) atoms. The van der Waals surface area contributed by atoms with E-state index in [-0.39, 0.29) is 29.9 Å². The average Bonchev–Trinajstić information content (AvgIpc) is 3.78. The molecule has 0 spiro atoms. The lowest BCUT2D eigenvalue weighted by molar-refractivity contribution is -0.133. The number of sulfone groups is 1. The minimum atomic E-state index is -3.54. The van der Waals surface area contributed by atoms with Gasteiger partial charge in [-0.05, 0) is 71.1 Å². The number of halogens is 3. The fourth-order valence-electron chi connectivity index (χ4n) is 7.02. The normalized spacial score (nSPS) is 14.7. The zero-order chi connectivity index (χ0) is 41.8. The van der Waals surface area contributed by atoms with Crippen molar-refractivity contribution in [3.8, 4) is 11.5 Å². The van der Waals surface area contributed by atoms with E-state index >= 15 is 0 Å². The third kappa shape index (κ3) is 9.45. The van der Waals surface area contributed by atoms with Crippen molar-refractivity contribution in [2.75, 3.05) is 82.6 Å². The van der Waals surface area contributed by atoms with Crippen LogP contribution in [0.4, 0.5) is 11.4 Å². The molecule has 2 amide bonds. The van der Waals surface area contributed by atoms with E-state index in [2.05, 4.69) is 52.6 Å². The molecule has 20 heteroatoms. The first-order chi connectivity index (χ1) is 28.3. The average molecular weight is 976 g/mol. The van der Waals surface area contributed by atoms with E-state index < -0.39 is 9.84 Å². The van der Waals surface area contributed by atoms with E-state index in [9.17, 15) is 18.0 Å². The molecule has 0 saturated carbocycles. The lowest BCUT2D eigenvalue weighted by Crippen LogP contribution is -2.49. The first-order valence-corrected chi connectivity index (χ1v) is 22.3. The van der Waals surface area contributed by atoms with Gasteiger partial charge in [0.1, 0.15) is 28.3 Å². The molecule has 2 aromatic carbocycles. The summed E-state index contributed by atoms with van der Waals surface area (Å²) in [4.78, 5) is 42.3. The van der Waals surface area contributed by atoms with Crippen LogP contribution in [0.5, 0.6) is 11.5 Å². The lowest BCUT2D eigenvalue weighted by Gasteiger charge is -2.36. The summed E-state index contributed by atoms with van der Waals surface area (Å²) in [7, 11) is -0.357. The Hall–Kier alpha value is -4.92. The van der Waals surface area contributed by atoms with Gasteiger partial charge in [0.2, 0.25) is 11.8 Å². The molecular weight excluding hydrogens is 934 g/mol. The summed E-state index contributed by atoms with van der Waals surface area (Å²) in [6.07, 6.45) is 4.37. The molecule has 2 aliphatic heterocycles. The highest BCUT2D eigenvalue weighted by molar-refractivity contribution is 14.1. The number of carbonyl (C=O) groups excluding carboxylic acids is 2. The van der Waals surface area contributed by atoms with Gasteiger partial charge in [-0.25, -0.2) is 27.7 Å². The number of piperazine rings is 2. The van der Waals surface area contributed by atoms with Crippen molar-refractivity contribution in [2.45, 2.75) is 18.1 Å². The van der Waals surface area contributed by atoms with Gasteiger partial charge in [0.25, 0.3) is 0 Å². The number of aromatic nitrogens is 6. The molecule has 310 valence electrons. The first kappa shape index (κ1) is 42.2. The second kappa shape index (κ2) is 18.1. The van der Waals surface area contributed by atoms with E-state index in [4.69, 9.17) is 32.7 Å². The second-order valence-electron chi connectivity index (χ2n) is 13.8. The number of amides is 2. The predicted molar refractivity (Wildman–Crippen MR) is 234 cm³/mol. The molecular formula is C39H41Cl2IN10O6S. The highest BCUT2D eigenvalue weighted by Crippen LogP contribution is 2.31. The third-order valence-electron chi connectivity index (χ3n) is 10.1. The highest BCUT2D eigenvalue weighted by atomic mass is 127. The number of ether oxygens (including phenoxy) is 2. The Kier molecular flexibility index (Phi) is 13.0. The number of hydrogen-bond acceptors (Lipinski definition) is 12. The summed E-state index contributed by atoms with van der Waals surface area (Å²) in [5.41, 5.74) is 3.15. The molecule has 0 aliphatic carbocycles. The van der Waals surface area contributed by atoms with Crippen LogP contribution in [0.1, 0.15) is 0 Å². The van der Waals surface area contributed by atoms with Gasteiger partial charge in [-0.1, -0.05) is 23.2 Å². The van der Waals surface area contributed by atoms with Crippen LogP contribution in [0, 0.1) is 3.70 Å². The van der Waals surface area contributed by atoms with Crippen LogP contribution in [0.25, 0.3) is 22.1 Å². The Morgan fingerprint density at radius 2 is 1.12 bits per heavy atom. The van der Waals surface area contributed by atoms with Gasteiger partial charge in [-0.15, -0.1) is 0 Å². The van der Waals surface area contributed by atoms with Gasteiger partial charge in [-0.2, -0.15) is 10.2 Å². The summed E-state index contributed by atoms with van der Waals surface area (Å²) >= 11 is 14.4. The van der Waals surface area contributed by atoms with Crippen LogP contribution in [0.3, 0.4) is 0 Å². The van der Waals surface area contributed by atoms with Crippen LogP contribution in [-0.4, -0.2) is 132 Å². The molecule has 0 radical (unpaired) electrons. The quantitative estimate of drug-likeness (QED) is 0.181. The predicted octanol–water partition coefficient (Wildman–Crippen LogP) is 4.89. The molecule has 0 bridgehead atoms. The summed E-state index contributed by atoms with van der Waals surface area (Å²) in [5.74, 6) is 1.19. The Morgan fingerprint density at radius 1 is 0.678 bits per heavy atom. The molecule has 2 aliphatic rings. The van der Waals surface area contributed by atoms with Crippen molar-refractivity contribution in [1.29, 1.82) is 0 Å². The largest absolute Gasteiger partial charge is 0.495 e. The number of pyridine rings is 2. The van der Waals surface area contributed by atoms with Gasteiger partial charge in [-0.3, -0.25) is 9.59 Å². The number of rotatable bonds is 9. The molecule has 16 nitrogen and oxygen atoms in total. The van der Waals surface area contributed by atoms with E-state index in [0.717, 1.165) is 45.5 Å². The summed E-state index contributed by atoms with van der Waals surface area (Å²) in [6, 6.07) is 18.5. The summed E-state index contributed by atoms with van der Waals surface area (Å²) < 4.78 is 38.6. The summed E-state index contributed by atoms with van der Waals surface area (Å²) in [5, 5.41) is 11.1. The van der Waals surface area contributed by atoms with Gasteiger partial charge in [0.15, 0.2) is 26.2 Å². The van der Waals surface area contributed by atoms with Crippen LogP contribution in [-0.2, 0) is 32.5 Å². The standard InChI is InChI=1S/C20H22ClN5O4S.C19H19ClIN5O2/c1-30-17-12-14(5-6-16(17)21)24-8-10-25(11-9-24)18(27)13-26-19-15(4-3-7-22-19)20(23-26)31(2,28)29;1-28-16-11-13(4-5-15(16)20)24-7-9-25(10-8-24)17(27)12-26-19-14(18(21)23-26)3-2-6-22-19/h3-7,12H,8-11,13H2,1-2H3;2-6,11H,7-10,12H2,1H3. The Labute approximate surface area is 364 Å². The Morgan fingerprint density at radius 3 is 1.58 bits per heavy atom. The fraction of sp³-hybridized carbons (Fsp3) is 0.333.